The molecule has 0 bridgehead atoms. The first-order chi connectivity index (χ1) is 6.66. The molecule has 14 heavy (non-hydrogen) atoms. The zero-order chi connectivity index (χ0) is 10.6. The van der Waals surface area contributed by atoms with Crippen molar-refractivity contribution < 1.29 is 4.79 Å². The van der Waals surface area contributed by atoms with Gasteiger partial charge in [-0.05, 0) is 34.5 Å². The van der Waals surface area contributed by atoms with Crippen LogP contribution in [0.25, 0.3) is 0 Å². The van der Waals surface area contributed by atoms with Gasteiger partial charge in [-0.1, -0.05) is 18.1 Å². The average molecular weight is 252 g/mol. The molecule has 0 fully saturated rings. The Morgan fingerprint density at radius 1 is 1.64 bits per heavy atom. The van der Waals surface area contributed by atoms with Crippen molar-refractivity contribution in [1.29, 1.82) is 0 Å². The summed E-state index contributed by atoms with van der Waals surface area (Å²) in [6.45, 7) is 2.18. The van der Waals surface area contributed by atoms with Gasteiger partial charge in [0.05, 0.1) is 12.1 Å². The highest BCUT2D eigenvalue weighted by atomic mass is 79.9. The van der Waals surface area contributed by atoms with Crippen LogP contribution in [0.3, 0.4) is 0 Å². The number of rotatable bonds is 2. The molecule has 0 unspecified atom stereocenters. The van der Waals surface area contributed by atoms with Crippen molar-refractivity contribution >= 4 is 21.8 Å². The van der Waals surface area contributed by atoms with Crippen molar-refractivity contribution in [3.63, 3.8) is 0 Å². The smallest absolute Gasteiger partial charge is 0.253 e. The summed E-state index contributed by atoms with van der Waals surface area (Å²) in [7, 11) is 0. The van der Waals surface area contributed by atoms with E-state index in [1.165, 1.54) is 0 Å². The minimum atomic E-state index is -0.154. The highest BCUT2D eigenvalue weighted by molar-refractivity contribution is 9.10. The molecule has 0 aliphatic heterocycles. The first-order valence-electron chi connectivity index (χ1n) is 4.13. The Morgan fingerprint density at radius 2 is 2.36 bits per heavy atom. The first-order valence-corrected chi connectivity index (χ1v) is 4.93. The van der Waals surface area contributed by atoms with E-state index in [4.69, 9.17) is 6.42 Å². The largest absolute Gasteiger partial charge is 0.341 e. The van der Waals surface area contributed by atoms with Crippen molar-refractivity contribution in [2.75, 3.05) is 6.54 Å². The molecule has 1 N–H and O–H groups in total. The second kappa shape index (κ2) is 4.83. The molecule has 1 amide bonds. The quantitative estimate of drug-likeness (QED) is 0.802. The Bertz CT molecular complexity index is 393. The summed E-state index contributed by atoms with van der Waals surface area (Å²) in [5.74, 6) is 2.20. The van der Waals surface area contributed by atoms with Gasteiger partial charge in [0.2, 0.25) is 0 Å². The SMILES string of the molecule is C#CCNC(=O)c1cccc(C)c1Br. The number of aryl methyl sites for hydroxylation is 1. The van der Waals surface area contributed by atoms with Crippen molar-refractivity contribution in [2.45, 2.75) is 6.92 Å². The second-order valence-corrected chi connectivity index (χ2v) is 3.62. The monoisotopic (exact) mass is 251 g/mol. The fourth-order valence-electron chi connectivity index (χ4n) is 1.05. The van der Waals surface area contributed by atoms with Gasteiger partial charge in [-0.3, -0.25) is 4.79 Å². The maximum atomic E-state index is 11.5. The van der Waals surface area contributed by atoms with E-state index >= 15 is 0 Å². The van der Waals surface area contributed by atoms with Crippen LogP contribution >= 0.6 is 15.9 Å². The van der Waals surface area contributed by atoms with E-state index in [0.717, 1.165) is 10.0 Å². The predicted octanol–water partition coefficient (Wildman–Crippen LogP) is 2.12. The molecule has 1 aromatic carbocycles. The molecule has 0 aliphatic rings. The Hall–Kier alpha value is -1.27. The van der Waals surface area contributed by atoms with Crippen LogP contribution in [-0.2, 0) is 0 Å². The topological polar surface area (TPSA) is 29.1 Å². The lowest BCUT2D eigenvalue weighted by atomic mass is 10.1. The standard InChI is InChI=1S/C11H10BrNO/c1-3-7-13-11(14)9-6-4-5-8(2)10(9)12/h1,4-6H,7H2,2H3,(H,13,14). The summed E-state index contributed by atoms with van der Waals surface area (Å²) in [5, 5.41) is 2.61. The van der Waals surface area contributed by atoms with Gasteiger partial charge >= 0.3 is 0 Å². The van der Waals surface area contributed by atoms with E-state index in [-0.39, 0.29) is 12.5 Å². The Kier molecular flexibility index (Phi) is 3.73. The van der Waals surface area contributed by atoms with E-state index in [0.29, 0.717) is 5.56 Å². The number of hydrogen-bond donors (Lipinski definition) is 1. The molecular weight excluding hydrogens is 242 g/mol. The molecule has 0 saturated heterocycles. The van der Waals surface area contributed by atoms with Gasteiger partial charge in [0, 0.05) is 4.47 Å². The number of carbonyl (C=O) groups is 1. The van der Waals surface area contributed by atoms with Gasteiger partial charge in [0.15, 0.2) is 0 Å². The molecule has 0 atom stereocenters. The Balaban J connectivity index is 2.91. The van der Waals surface area contributed by atoms with Gasteiger partial charge < -0.3 is 5.32 Å². The molecule has 3 heteroatoms. The van der Waals surface area contributed by atoms with Crippen molar-refractivity contribution in [1.82, 2.24) is 5.32 Å². The molecule has 1 rings (SSSR count). The third-order valence-corrected chi connectivity index (χ3v) is 2.84. The normalized spacial score (nSPS) is 9.21. The van der Waals surface area contributed by atoms with E-state index in [1.807, 2.05) is 19.1 Å². The minimum Gasteiger partial charge on any atom is -0.341 e. The van der Waals surface area contributed by atoms with Crippen molar-refractivity contribution in [3.8, 4) is 12.3 Å². The summed E-state index contributed by atoms with van der Waals surface area (Å²) >= 11 is 3.36. The van der Waals surface area contributed by atoms with Gasteiger partial charge in [-0.2, -0.15) is 0 Å². The number of carbonyl (C=O) groups excluding carboxylic acids is 1. The van der Waals surface area contributed by atoms with Gasteiger partial charge in [0.1, 0.15) is 0 Å². The molecule has 0 heterocycles. The third-order valence-electron chi connectivity index (χ3n) is 1.79. The summed E-state index contributed by atoms with van der Waals surface area (Å²) < 4.78 is 0.814. The predicted molar refractivity (Wildman–Crippen MR) is 60.0 cm³/mol. The molecule has 0 aromatic heterocycles. The van der Waals surface area contributed by atoms with Gasteiger partial charge in [-0.25, -0.2) is 0 Å². The van der Waals surface area contributed by atoms with Gasteiger partial charge in [0.25, 0.3) is 5.91 Å². The van der Waals surface area contributed by atoms with Crippen LogP contribution in [0.5, 0.6) is 0 Å². The fourth-order valence-corrected chi connectivity index (χ4v) is 1.49. The van der Waals surface area contributed by atoms with E-state index < -0.39 is 0 Å². The zero-order valence-electron chi connectivity index (χ0n) is 7.80. The van der Waals surface area contributed by atoms with Crippen molar-refractivity contribution in [2.24, 2.45) is 0 Å². The number of terminal acetylenes is 1. The van der Waals surface area contributed by atoms with Crippen LogP contribution in [0.1, 0.15) is 15.9 Å². The molecule has 1 aromatic rings. The number of amides is 1. The molecular formula is C11H10BrNO. The second-order valence-electron chi connectivity index (χ2n) is 2.82. The van der Waals surface area contributed by atoms with Gasteiger partial charge in [-0.15, -0.1) is 6.42 Å². The van der Waals surface area contributed by atoms with Crippen LogP contribution in [-0.4, -0.2) is 12.5 Å². The highest BCUT2D eigenvalue weighted by Crippen LogP contribution is 2.20. The van der Waals surface area contributed by atoms with Crippen LogP contribution < -0.4 is 5.32 Å². The molecule has 0 saturated carbocycles. The van der Waals surface area contributed by atoms with Crippen LogP contribution in [0.4, 0.5) is 0 Å². The van der Waals surface area contributed by atoms with Crippen LogP contribution in [0.2, 0.25) is 0 Å². The maximum Gasteiger partial charge on any atom is 0.253 e. The summed E-state index contributed by atoms with van der Waals surface area (Å²) in [4.78, 5) is 11.5. The van der Waals surface area contributed by atoms with Crippen molar-refractivity contribution in [3.05, 3.63) is 33.8 Å². The highest BCUT2D eigenvalue weighted by Gasteiger charge is 2.09. The van der Waals surface area contributed by atoms with E-state index in [2.05, 4.69) is 27.2 Å². The Labute approximate surface area is 91.8 Å². The number of hydrogen-bond acceptors (Lipinski definition) is 1. The lowest BCUT2D eigenvalue weighted by Crippen LogP contribution is -2.23. The number of halogens is 1. The Morgan fingerprint density at radius 3 is 3.00 bits per heavy atom. The maximum absolute atomic E-state index is 11.5. The lowest BCUT2D eigenvalue weighted by molar-refractivity contribution is 0.0958. The zero-order valence-corrected chi connectivity index (χ0v) is 9.39. The molecule has 0 radical (unpaired) electrons. The van der Waals surface area contributed by atoms with Crippen LogP contribution in [0, 0.1) is 19.3 Å². The third kappa shape index (κ3) is 2.36. The summed E-state index contributed by atoms with van der Waals surface area (Å²) in [6, 6.07) is 5.52. The molecule has 0 aliphatic carbocycles. The molecule has 2 nitrogen and oxygen atoms in total. The summed E-state index contributed by atoms with van der Waals surface area (Å²) in [6.07, 6.45) is 5.05. The first kappa shape index (κ1) is 10.8. The average Bonchev–Trinajstić information content (AvgIpc) is 2.18. The van der Waals surface area contributed by atoms with Crippen LogP contribution in [0.15, 0.2) is 22.7 Å². The number of nitrogens with one attached hydrogen (secondary N) is 1. The van der Waals surface area contributed by atoms with E-state index in [9.17, 15) is 4.79 Å². The number of benzene rings is 1. The summed E-state index contributed by atoms with van der Waals surface area (Å²) in [5.41, 5.74) is 1.64. The molecule has 0 spiro atoms. The van der Waals surface area contributed by atoms with E-state index in [1.54, 1.807) is 6.07 Å². The lowest BCUT2D eigenvalue weighted by Gasteiger charge is -2.05. The fraction of sp³-hybridized carbons (Fsp3) is 0.182. The minimum absolute atomic E-state index is 0.154. The molecule has 72 valence electrons.